The molecule has 1 saturated carbocycles. The molecular formula is C30H34N2O6. The molecule has 0 N–H and O–H groups in total. The van der Waals surface area contributed by atoms with Gasteiger partial charge in [0.05, 0.1) is 32.2 Å². The van der Waals surface area contributed by atoms with Crippen LogP contribution in [0, 0.1) is 5.92 Å². The topological polar surface area (TPSA) is 81.5 Å². The van der Waals surface area contributed by atoms with Crippen LogP contribution in [0.2, 0.25) is 0 Å². The van der Waals surface area contributed by atoms with Gasteiger partial charge in [-0.2, -0.15) is 0 Å². The Hall–Kier alpha value is -3.52. The fourth-order valence-electron chi connectivity index (χ4n) is 7.62. The Morgan fingerprint density at radius 3 is 2.87 bits per heavy atom. The third kappa shape index (κ3) is 3.76. The van der Waals surface area contributed by atoms with Crippen LogP contribution in [0.4, 0.5) is 0 Å². The van der Waals surface area contributed by atoms with E-state index >= 15 is 0 Å². The Labute approximate surface area is 222 Å². The quantitative estimate of drug-likeness (QED) is 0.312. The summed E-state index contributed by atoms with van der Waals surface area (Å²) in [7, 11) is 3.56. The largest absolute Gasteiger partial charge is 0.493 e. The minimum Gasteiger partial charge on any atom is -0.493 e. The molecule has 1 aromatic carbocycles. The first-order valence-corrected chi connectivity index (χ1v) is 13.3. The second-order valence-corrected chi connectivity index (χ2v) is 10.9. The predicted octanol–water partition coefficient (Wildman–Crippen LogP) is 3.94. The maximum Gasteiger partial charge on any atom is 0.307 e. The van der Waals surface area contributed by atoms with Crippen LogP contribution in [-0.2, 0) is 26.2 Å². The van der Waals surface area contributed by atoms with E-state index in [1.165, 1.54) is 18.1 Å². The van der Waals surface area contributed by atoms with Crippen LogP contribution in [0.25, 0.3) is 6.08 Å². The summed E-state index contributed by atoms with van der Waals surface area (Å²) in [4.78, 5) is 29.1. The number of piperidine rings is 1. The number of methoxy groups -OCH3 is 1. The first-order valence-electron chi connectivity index (χ1n) is 13.3. The summed E-state index contributed by atoms with van der Waals surface area (Å²) in [6, 6.07) is 6.20. The van der Waals surface area contributed by atoms with Gasteiger partial charge in [0.1, 0.15) is 11.9 Å². The molecule has 200 valence electrons. The second-order valence-electron chi connectivity index (χ2n) is 10.9. The van der Waals surface area contributed by atoms with E-state index in [1.54, 1.807) is 31.8 Å². The van der Waals surface area contributed by atoms with Crippen molar-refractivity contribution in [3.63, 3.8) is 0 Å². The van der Waals surface area contributed by atoms with Crippen LogP contribution < -0.4 is 9.47 Å². The number of furan rings is 1. The lowest BCUT2D eigenvalue weighted by molar-refractivity contribution is -0.139. The molecule has 1 aromatic heterocycles. The van der Waals surface area contributed by atoms with Crippen molar-refractivity contribution in [3.05, 3.63) is 65.8 Å². The normalized spacial score (nSPS) is 28.9. The number of likely N-dealkylation sites (tertiary alicyclic amines) is 1. The number of ether oxygens (including phenoxy) is 3. The highest BCUT2D eigenvalue weighted by Gasteiger charge is 2.66. The van der Waals surface area contributed by atoms with Crippen molar-refractivity contribution in [1.82, 2.24) is 9.80 Å². The standard InChI is InChI=1S/C30H34N2O6/c1-18(37-19(2)33)16-32-13-12-30-22-7-8-23(31(3)26(34)10-5-20-11-14-36-17-20)29(30)38-28-25(35-4)9-6-21(27(28)30)15-24(22)32/h5-6,9-11,14,17,22-24,29H,1,7-8,12-13,15-16H2,2-4H3/t22-,23-,24+,29-,30-/m0/s1. The van der Waals surface area contributed by atoms with Crippen molar-refractivity contribution in [3.8, 4) is 11.5 Å². The fraction of sp³-hybridized carbons (Fsp3) is 0.467. The number of esters is 1. The van der Waals surface area contributed by atoms with E-state index in [2.05, 4.69) is 17.5 Å². The minimum absolute atomic E-state index is 0.0553. The molecule has 6 rings (SSSR count). The molecule has 8 heteroatoms. The van der Waals surface area contributed by atoms with E-state index in [1.807, 2.05) is 24.1 Å². The Kier molecular flexibility index (Phi) is 6.10. The lowest BCUT2D eigenvalue weighted by Crippen LogP contribution is -2.69. The van der Waals surface area contributed by atoms with E-state index in [0.717, 1.165) is 49.3 Å². The Bertz CT molecular complexity index is 1300. The molecule has 2 aromatic rings. The number of hydrogen-bond acceptors (Lipinski definition) is 7. The molecule has 2 aliphatic carbocycles. The van der Waals surface area contributed by atoms with Gasteiger partial charge in [-0.25, -0.2) is 0 Å². The van der Waals surface area contributed by atoms with Gasteiger partial charge < -0.3 is 23.5 Å². The molecule has 0 unspecified atom stereocenters. The van der Waals surface area contributed by atoms with E-state index < -0.39 is 0 Å². The Morgan fingerprint density at radius 2 is 2.13 bits per heavy atom. The van der Waals surface area contributed by atoms with Crippen LogP contribution in [0.5, 0.6) is 11.5 Å². The van der Waals surface area contributed by atoms with Crippen molar-refractivity contribution in [1.29, 1.82) is 0 Å². The maximum atomic E-state index is 13.3. The molecule has 1 amide bonds. The number of amides is 1. The molecular weight excluding hydrogens is 484 g/mol. The Morgan fingerprint density at radius 1 is 1.29 bits per heavy atom. The van der Waals surface area contributed by atoms with Crippen LogP contribution in [0.3, 0.4) is 0 Å². The average Bonchev–Trinajstić information content (AvgIpc) is 3.53. The molecule has 2 bridgehead atoms. The molecule has 2 aliphatic heterocycles. The first-order chi connectivity index (χ1) is 18.3. The third-order valence-corrected chi connectivity index (χ3v) is 9.08. The Balaban J connectivity index is 1.34. The lowest BCUT2D eigenvalue weighted by Gasteiger charge is -2.60. The summed E-state index contributed by atoms with van der Waals surface area (Å²) >= 11 is 0. The van der Waals surface area contributed by atoms with Gasteiger partial charge in [0, 0.05) is 42.6 Å². The van der Waals surface area contributed by atoms with Crippen molar-refractivity contribution >= 4 is 18.0 Å². The monoisotopic (exact) mass is 518 g/mol. The summed E-state index contributed by atoms with van der Waals surface area (Å²) in [6.07, 6.45) is 10.0. The number of rotatable bonds is 7. The van der Waals surface area contributed by atoms with E-state index in [0.29, 0.717) is 18.2 Å². The molecule has 1 spiro atoms. The van der Waals surface area contributed by atoms with Gasteiger partial charge in [-0.1, -0.05) is 12.6 Å². The summed E-state index contributed by atoms with van der Waals surface area (Å²) in [5.74, 6) is 2.04. The zero-order valence-electron chi connectivity index (χ0n) is 22.1. The second kappa shape index (κ2) is 9.34. The molecule has 0 radical (unpaired) electrons. The van der Waals surface area contributed by atoms with Crippen LogP contribution in [-0.4, -0.2) is 67.1 Å². The number of likely N-dealkylation sites (N-methyl/N-ethyl adjacent to an activating group) is 1. The van der Waals surface area contributed by atoms with Crippen molar-refractivity contribution in [2.45, 2.75) is 56.2 Å². The first kappa shape index (κ1) is 24.8. The molecule has 5 atom stereocenters. The molecule has 1 saturated heterocycles. The molecule has 8 nitrogen and oxygen atoms in total. The molecule has 4 aliphatic rings. The van der Waals surface area contributed by atoms with Gasteiger partial charge in [0.2, 0.25) is 5.91 Å². The van der Waals surface area contributed by atoms with Gasteiger partial charge in [0.15, 0.2) is 11.5 Å². The third-order valence-electron chi connectivity index (χ3n) is 9.08. The van der Waals surface area contributed by atoms with Gasteiger partial charge in [-0.3, -0.25) is 14.5 Å². The van der Waals surface area contributed by atoms with Crippen LogP contribution >= 0.6 is 0 Å². The predicted molar refractivity (Wildman–Crippen MR) is 141 cm³/mol. The summed E-state index contributed by atoms with van der Waals surface area (Å²) in [5.41, 5.74) is 3.21. The van der Waals surface area contributed by atoms with E-state index in [-0.39, 0.29) is 35.5 Å². The highest BCUT2D eigenvalue weighted by molar-refractivity contribution is 5.91. The van der Waals surface area contributed by atoms with Gasteiger partial charge in [-0.05, 0) is 61.9 Å². The fourth-order valence-corrected chi connectivity index (χ4v) is 7.62. The molecule has 38 heavy (non-hydrogen) atoms. The van der Waals surface area contributed by atoms with E-state index in [9.17, 15) is 9.59 Å². The summed E-state index contributed by atoms with van der Waals surface area (Å²) < 4.78 is 23.0. The lowest BCUT2D eigenvalue weighted by atomic mass is 9.51. The van der Waals surface area contributed by atoms with Crippen LogP contribution in [0.15, 0.2) is 53.6 Å². The van der Waals surface area contributed by atoms with Crippen molar-refractivity contribution < 1.29 is 28.2 Å². The van der Waals surface area contributed by atoms with Gasteiger partial charge >= 0.3 is 5.97 Å². The minimum atomic E-state index is -0.339. The number of carbonyl (C=O) groups is 2. The zero-order valence-corrected chi connectivity index (χ0v) is 22.1. The number of benzene rings is 1. The van der Waals surface area contributed by atoms with Gasteiger partial charge in [-0.15, -0.1) is 0 Å². The molecule has 2 fully saturated rings. The highest BCUT2D eigenvalue weighted by Crippen LogP contribution is 2.64. The smallest absolute Gasteiger partial charge is 0.307 e. The maximum absolute atomic E-state index is 13.3. The van der Waals surface area contributed by atoms with Crippen molar-refractivity contribution in [2.75, 3.05) is 27.2 Å². The molecule has 3 heterocycles. The SMILES string of the molecule is C=C(CN1CC[C@]23c4c5ccc(OC)c4O[C@H]2[C@@H](N(C)C(=O)C=Cc2ccoc2)CC[C@H]3[C@H]1C5)OC(C)=O. The van der Waals surface area contributed by atoms with Crippen molar-refractivity contribution in [2.24, 2.45) is 5.92 Å². The average molecular weight is 519 g/mol. The summed E-state index contributed by atoms with van der Waals surface area (Å²) in [6.45, 7) is 6.77. The summed E-state index contributed by atoms with van der Waals surface area (Å²) in [5, 5.41) is 0. The number of carbonyl (C=O) groups excluding carboxylic acids is 2. The zero-order chi connectivity index (χ0) is 26.6. The number of hydrogen-bond donors (Lipinski definition) is 0. The van der Waals surface area contributed by atoms with Gasteiger partial charge in [0.25, 0.3) is 0 Å². The van der Waals surface area contributed by atoms with E-state index in [4.69, 9.17) is 18.6 Å². The number of nitrogens with zero attached hydrogens (tertiary/aromatic N) is 2. The highest BCUT2D eigenvalue weighted by atomic mass is 16.5. The van der Waals surface area contributed by atoms with Crippen LogP contribution in [0.1, 0.15) is 42.9 Å².